The van der Waals surface area contributed by atoms with Crippen LogP contribution in [0.2, 0.25) is 0 Å². The molecular formula is C42H46N4O6S. The largest absolute Gasteiger partial charge is 0.494 e. The Morgan fingerprint density at radius 1 is 0.811 bits per heavy atom. The van der Waals surface area contributed by atoms with Crippen LogP contribution in [0.1, 0.15) is 78.7 Å². The van der Waals surface area contributed by atoms with Gasteiger partial charge in [0, 0.05) is 34.8 Å². The van der Waals surface area contributed by atoms with Gasteiger partial charge in [0.1, 0.15) is 17.9 Å². The lowest BCUT2D eigenvalue weighted by Crippen LogP contribution is -2.54. The molecule has 2 amide bonds. The molecule has 0 aliphatic heterocycles. The van der Waals surface area contributed by atoms with Crippen molar-refractivity contribution in [3.63, 3.8) is 0 Å². The molecule has 0 aliphatic rings. The Bertz CT molecular complexity index is 1960. The average molecular weight is 735 g/mol. The predicted octanol–water partition coefficient (Wildman–Crippen LogP) is 7.38. The standard InChI is InChI=1S/C42H46N4O6S/c1-5-6-10-23-52-32-19-17-28(18-20-32)31-25-43-38(44-26-31)30-15-13-27(14-16-30)24-33(45-40(49)34-21-22-35(53-34)42(2,3)4)39(48)46-36(41(50)51)37(47)29-11-8-7-9-12-29/h7-9,11-22,25-26,33,36-37,47H,5-6,10,23-24H2,1-4H3,(H,45,49)(H,46,48)(H,50,51)/t33-,36?,37?/m0/s1. The van der Waals surface area contributed by atoms with E-state index < -0.39 is 36.0 Å². The highest BCUT2D eigenvalue weighted by Gasteiger charge is 2.33. The van der Waals surface area contributed by atoms with Gasteiger partial charge in [0.05, 0.1) is 11.5 Å². The van der Waals surface area contributed by atoms with Crippen LogP contribution in [0.3, 0.4) is 0 Å². The first-order valence-corrected chi connectivity index (χ1v) is 18.6. The number of aromatic nitrogens is 2. The number of nitrogens with zero attached hydrogens (tertiary/aromatic N) is 2. The summed E-state index contributed by atoms with van der Waals surface area (Å²) in [5, 5.41) is 26.1. The van der Waals surface area contributed by atoms with E-state index >= 15 is 0 Å². The quantitative estimate of drug-likeness (QED) is 0.0767. The van der Waals surface area contributed by atoms with Crippen LogP contribution in [0.4, 0.5) is 0 Å². The van der Waals surface area contributed by atoms with E-state index in [1.165, 1.54) is 11.3 Å². The van der Waals surface area contributed by atoms with Gasteiger partial charge in [-0.25, -0.2) is 14.8 Å². The minimum Gasteiger partial charge on any atom is -0.494 e. The SMILES string of the molecule is CCCCCOc1ccc(-c2cnc(-c3ccc(C[C@H](NC(=O)c4ccc(C(C)(C)C)s4)C(=O)NC(C(=O)O)C(O)c4ccccc4)cc3)nc2)cc1. The Hall–Kier alpha value is -5.39. The van der Waals surface area contributed by atoms with Crippen molar-refractivity contribution in [2.45, 2.75) is 77.0 Å². The van der Waals surface area contributed by atoms with Crippen LogP contribution in [0, 0.1) is 0 Å². The fraction of sp³-hybridized carbons (Fsp3) is 0.310. The molecule has 3 atom stereocenters. The molecule has 276 valence electrons. The van der Waals surface area contributed by atoms with Crippen LogP contribution in [0.5, 0.6) is 5.75 Å². The topological polar surface area (TPSA) is 151 Å². The highest BCUT2D eigenvalue weighted by Crippen LogP contribution is 2.30. The number of carboxylic acid groups (broad SMARTS) is 1. The number of hydrogen-bond acceptors (Lipinski definition) is 8. The number of ether oxygens (including phenoxy) is 1. The maximum absolute atomic E-state index is 13.7. The summed E-state index contributed by atoms with van der Waals surface area (Å²) in [6.45, 7) is 9.01. The molecule has 0 fully saturated rings. The van der Waals surface area contributed by atoms with Crippen LogP contribution >= 0.6 is 11.3 Å². The zero-order valence-corrected chi connectivity index (χ0v) is 31.2. The number of unbranched alkanes of at least 4 members (excludes halogenated alkanes) is 2. The van der Waals surface area contributed by atoms with Crippen LogP contribution in [-0.4, -0.2) is 56.7 Å². The number of carbonyl (C=O) groups is 3. The number of carbonyl (C=O) groups excluding carboxylic acids is 2. The van der Waals surface area contributed by atoms with Crippen molar-refractivity contribution in [1.29, 1.82) is 0 Å². The second-order valence-electron chi connectivity index (χ2n) is 13.9. The second kappa shape index (κ2) is 17.9. The molecule has 0 radical (unpaired) electrons. The number of rotatable bonds is 16. The number of carboxylic acids is 1. The van der Waals surface area contributed by atoms with Crippen molar-refractivity contribution >= 4 is 29.1 Å². The van der Waals surface area contributed by atoms with Crippen LogP contribution in [0.15, 0.2) is 103 Å². The van der Waals surface area contributed by atoms with Gasteiger partial charge >= 0.3 is 5.97 Å². The van der Waals surface area contributed by atoms with Gasteiger partial charge in [0.25, 0.3) is 5.91 Å². The van der Waals surface area contributed by atoms with E-state index in [0.717, 1.165) is 46.6 Å². The average Bonchev–Trinajstić information content (AvgIpc) is 3.68. The van der Waals surface area contributed by atoms with E-state index in [-0.39, 0.29) is 11.8 Å². The highest BCUT2D eigenvalue weighted by atomic mass is 32.1. The molecule has 0 saturated heterocycles. The lowest BCUT2D eigenvalue weighted by molar-refractivity contribution is -0.145. The van der Waals surface area contributed by atoms with Crippen molar-refractivity contribution in [3.8, 4) is 28.3 Å². The van der Waals surface area contributed by atoms with E-state index in [0.29, 0.717) is 28.4 Å². The van der Waals surface area contributed by atoms with Crippen molar-refractivity contribution in [2.75, 3.05) is 6.61 Å². The zero-order valence-electron chi connectivity index (χ0n) is 30.4. The van der Waals surface area contributed by atoms with Crippen molar-refractivity contribution in [1.82, 2.24) is 20.6 Å². The number of thiophene rings is 1. The summed E-state index contributed by atoms with van der Waals surface area (Å²) >= 11 is 1.34. The minimum absolute atomic E-state index is 0.0568. The third kappa shape index (κ3) is 10.6. The first-order chi connectivity index (χ1) is 25.4. The lowest BCUT2D eigenvalue weighted by Gasteiger charge is -2.24. The van der Waals surface area contributed by atoms with Crippen molar-refractivity contribution in [2.24, 2.45) is 0 Å². The first-order valence-electron chi connectivity index (χ1n) is 17.7. The molecule has 0 aliphatic carbocycles. The van der Waals surface area contributed by atoms with Crippen molar-refractivity contribution < 1.29 is 29.3 Å². The fourth-order valence-corrected chi connectivity index (χ4v) is 6.58. The molecule has 0 bridgehead atoms. The number of aliphatic hydroxyl groups excluding tert-OH is 1. The van der Waals surface area contributed by atoms with Gasteiger partial charge in [-0.15, -0.1) is 11.3 Å². The molecule has 5 aromatic rings. The normalized spacial score (nSPS) is 13.1. The number of nitrogens with one attached hydrogen (secondary N) is 2. The Morgan fingerprint density at radius 2 is 1.47 bits per heavy atom. The third-order valence-corrected chi connectivity index (χ3v) is 10.2. The molecule has 2 aromatic heterocycles. The first kappa shape index (κ1) is 38.8. The van der Waals surface area contributed by atoms with Crippen molar-refractivity contribution in [3.05, 3.63) is 124 Å². The molecule has 0 spiro atoms. The van der Waals surface area contributed by atoms with E-state index in [1.54, 1.807) is 48.8 Å². The molecule has 0 saturated carbocycles. The van der Waals surface area contributed by atoms with E-state index in [4.69, 9.17) is 4.74 Å². The summed E-state index contributed by atoms with van der Waals surface area (Å²) in [5.41, 5.74) is 3.47. The molecule has 11 heteroatoms. The summed E-state index contributed by atoms with van der Waals surface area (Å²) in [5.74, 6) is -1.26. The van der Waals surface area contributed by atoms with Gasteiger partial charge < -0.3 is 25.6 Å². The van der Waals surface area contributed by atoms with Crippen LogP contribution < -0.4 is 15.4 Å². The van der Waals surface area contributed by atoms with Gasteiger partial charge in [0.2, 0.25) is 5.91 Å². The Kier molecular flexibility index (Phi) is 13.1. The molecular weight excluding hydrogens is 689 g/mol. The van der Waals surface area contributed by atoms with Gasteiger partial charge in [-0.3, -0.25) is 9.59 Å². The second-order valence-corrected chi connectivity index (χ2v) is 15.0. The molecule has 2 heterocycles. The molecule has 3 aromatic carbocycles. The molecule has 2 unspecified atom stereocenters. The molecule has 4 N–H and O–H groups in total. The number of hydrogen-bond donors (Lipinski definition) is 4. The number of aliphatic carboxylic acids is 1. The number of benzene rings is 3. The van der Waals surface area contributed by atoms with Gasteiger partial charge in [-0.05, 0) is 52.8 Å². The molecule has 53 heavy (non-hydrogen) atoms. The van der Waals surface area contributed by atoms with Crippen LogP contribution in [-0.2, 0) is 21.4 Å². The number of amides is 2. The minimum atomic E-state index is -1.65. The Morgan fingerprint density at radius 3 is 2.08 bits per heavy atom. The van der Waals surface area contributed by atoms with Gasteiger partial charge in [0.15, 0.2) is 11.9 Å². The summed E-state index contributed by atoms with van der Waals surface area (Å²) in [6.07, 6.45) is 5.40. The Balaban J connectivity index is 1.30. The molecule has 5 rings (SSSR count). The van der Waals surface area contributed by atoms with Gasteiger partial charge in [-0.2, -0.15) is 0 Å². The predicted molar refractivity (Wildman–Crippen MR) is 207 cm³/mol. The summed E-state index contributed by atoms with van der Waals surface area (Å²) < 4.78 is 5.82. The third-order valence-electron chi connectivity index (χ3n) is 8.72. The maximum Gasteiger partial charge on any atom is 0.329 e. The highest BCUT2D eigenvalue weighted by molar-refractivity contribution is 7.14. The summed E-state index contributed by atoms with van der Waals surface area (Å²) in [7, 11) is 0. The monoisotopic (exact) mass is 734 g/mol. The lowest BCUT2D eigenvalue weighted by atomic mass is 9.95. The van der Waals surface area contributed by atoms with E-state index in [2.05, 4.69) is 27.5 Å². The van der Waals surface area contributed by atoms with E-state index in [1.807, 2.05) is 75.4 Å². The summed E-state index contributed by atoms with van der Waals surface area (Å²) in [4.78, 5) is 50.0. The Labute approximate surface area is 314 Å². The summed E-state index contributed by atoms with van der Waals surface area (Å²) in [6, 6.07) is 24.2. The van der Waals surface area contributed by atoms with Gasteiger partial charge in [-0.1, -0.05) is 107 Å². The number of aliphatic hydroxyl groups is 1. The maximum atomic E-state index is 13.7. The zero-order chi connectivity index (χ0) is 38.0. The smallest absolute Gasteiger partial charge is 0.329 e. The van der Waals surface area contributed by atoms with Crippen LogP contribution in [0.25, 0.3) is 22.5 Å². The van der Waals surface area contributed by atoms with E-state index in [9.17, 15) is 24.6 Å². The molecule has 10 nitrogen and oxygen atoms in total. The fourth-order valence-electron chi connectivity index (χ4n) is 5.61.